The van der Waals surface area contributed by atoms with Crippen LogP contribution in [0.25, 0.3) is 0 Å². The van der Waals surface area contributed by atoms with Crippen molar-refractivity contribution in [2.45, 2.75) is 20.8 Å². The molecular formula is C20H28N5O4+. The smallest absolute Gasteiger partial charge is 0.279 e. The highest BCUT2D eigenvalue weighted by atomic mass is 16.6. The first-order valence-electron chi connectivity index (χ1n) is 9.70. The molecule has 0 radical (unpaired) electrons. The molecule has 1 aromatic heterocycles. The Balaban J connectivity index is 1.55. The summed E-state index contributed by atoms with van der Waals surface area (Å²) in [6, 6.07) is 5.30. The van der Waals surface area contributed by atoms with Gasteiger partial charge in [-0.15, -0.1) is 0 Å². The van der Waals surface area contributed by atoms with Crippen molar-refractivity contribution in [1.29, 1.82) is 0 Å². The van der Waals surface area contributed by atoms with E-state index in [9.17, 15) is 9.59 Å². The lowest BCUT2D eigenvalue weighted by Crippen LogP contribution is -3.13. The van der Waals surface area contributed by atoms with Crippen LogP contribution < -0.4 is 25.0 Å². The number of hydrogen-bond acceptors (Lipinski definition) is 5. The van der Waals surface area contributed by atoms with Crippen molar-refractivity contribution >= 4 is 23.2 Å². The first kappa shape index (κ1) is 20.7. The fourth-order valence-electron chi connectivity index (χ4n) is 3.23. The Morgan fingerprint density at radius 1 is 1.10 bits per heavy atom. The molecule has 29 heavy (non-hydrogen) atoms. The van der Waals surface area contributed by atoms with Gasteiger partial charge in [-0.2, -0.15) is 5.10 Å². The van der Waals surface area contributed by atoms with Crippen LogP contribution in [-0.2, 0) is 16.6 Å². The molecule has 2 amide bonds. The van der Waals surface area contributed by atoms with Crippen molar-refractivity contribution in [3.8, 4) is 11.5 Å². The lowest BCUT2D eigenvalue weighted by atomic mass is 10.2. The quantitative estimate of drug-likeness (QED) is 0.618. The number of ether oxygens (including phenoxy) is 2. The molecule has 9 nitrogen and oxygen atoms in total. The molecule has 0 saturated carbocycles. The summed E-state index contributed by atoms with van der Waals surface area (Å²) in [6.45, 7) is 7.74. The summed E-state index contributed by atoms with van der Waals surface area (Å²) in [7, 11) is 1.84. The standard InChI is InChI=1S/C20H27N5O4/c1-5-25(12-19(27)22-20-13(2)23-24(4)14(20)3)11-18(26)21-15-6-7-16-17(10-15)29-9-8-28-16/h6-7,10H,5,8-9,11-12H2,1-4H3,(H,21,26)(H,22,27)/p+1. The van der Waals surface area contributed by atoms with Gasteiger partial charge in [0.25, 0.3) is 11.8 Å². The number of aromatic nitrogens is 2. The SMILES string of the molecule is CC[NH+](CC(=O)Nc1ccc2c(c1)OCCO2)CC(=O)Nc1c(C)nn(C)c1C. The molecule has 156 valence electrons. The zero-order chi connectivity index (χ0) is 21.0. The van der Waals surface area contributed by atoms with Crippen LogP contribution in [0.1, 0.15) is 18.3 Å². The number of nitrogens with zero attached hydrogens (tertiary/aromatic N) is 2. The van der Waals surface area contributed by atoms with Gasteiger partial charge < -0.3 is 25.0 Å². The molecule has 2 heterocycles. The van der Waals surface area contributed by atoms with Crippen LogP contribution in [0.5, 0.6) is 11.5 Å². The number of carbonyl (C=O) groups is 2. The second-order valence-corrected chi connectivity index (χ2v) is 7.08. The van der Waals surface area contributed by atoms with Crippen LogP contribution in [0, 0.1) is 13.8 Å². The Kier molecular flexibility index (Phi) is 6.38. The Morgan fingerprint density at radius 2 is 1.76 bits per heavy atom. The van der Waals surface area contributed by atoms with Gasteiger partial charge in [-0.1, -0.05) is 0 Å². The van der Waals surface area contributed by atoms with Crippen molar-refractivity contribution in [3.05, 3.63) is 29.6 Å². The number of rotatable bonds is 7. The van der Waals surface area contributed by atoms with Gasteiger partial charge in [0, 0.05) is 18.8 Å². The van der Waals surface area contributed by atoms with E-state index >= 15 is 0 Å². The molecule has 0 fully saturated rings. The number of likely N-dealkylation sites (N-methyl/N-ethyl adjacent to an activating group) is 1. The van der Waals surface area contributed by atoms with Gasteiger partial charge in [-0.25, -0.2) is 0 Å². The van der Waals surface area contributed by atoms with Gasteiger partial charge in [0.2, 0.25) is 0 Å². The van der Waals surface area contributed by atoms with E-state index in [0.717, 1.165) is 22.0 Å². The van der Waals surface area contributed by atoms with Gasteiger partial charge in [0.05, 0.1) is 23.6 Å². The first-order valence-corrected chi connectivity index (χ1v) is 9.70. The molecular weight excluding hydrogens is 374 g/mol. The van der Waals surface area contributed by atoms with Crippen molar-refractivity contribution in [2.24, 2.45) is 7.05 Å². The third kappa shape index (κ3) is 5.05. The topological polar surface area (TPSA) is 98.9 Å². The second kappa shape index (κ2) is 8.95. The maximum absolute atomic E-state index is 12.5. The Hall–Kier alpha value is -3.07. The van der Waals surface area contributed by atoms with Crippen molar-refractivity contribution < 1.29 is 24.0 Å². The first-order chi connectivity index (χ1) is 13.9. The summed E-state index contributed by atoms with van der Waals surface area (Å²) in [6.07, 6.45) is 0. The molecule has 0 spiro atoms. The average Bonchev–Trinajstić information content (AvgIpc) is 2.93. The highest BCUT2D eigenvalue weighted by molar-refractivity contribution is 5.94. The zero-order valence-electron chi connectivity index (χ0n) is 17.3. The molecule has 0 saturated heterocycles. The summed E-state index contributed by atoms with van der Waals surface area (Å²) in [4.78, 5) is 25.8. The van der Waals surface area contributed by atoms with Crippen molar-refractivity contribution in [3.63, 3.8) is 0 Å². The molecule has 3 rings (SSSR count). The van der Waals surface area contributed by atoms with E-state index in [4.69, 9.17) is 9.47 Å². The molecule has 1 aliphatic rings. The molecule has 0 aliphatic carbocycles. The number of benzene rings is 1. The number of fused-ring (bicyclic) bond motifs is 1. The number of nitrogens with one attached hydrogen (secondary N) is 3. The van der Waals surface area contributed by atoms with E-state index in [1.807, 2.05) is 27.8 Å². The Bertz CT molecular complexity index is 909. The molecule has 1 atom stereocenters. The number of carbonyl (C=O) groups excluding carboxylic acids is 2. The van der Waals surface area contributed by atoms with Crippen LogP contribution in [0.4, 0.5) is 11.4 Å². The average molecular weight is 402 g/mol. The minimum Gasteiger partial charge on any atom is -0.486 e. The largest absolute Gasteiger partial charge is 0.486 e. The number of amides is 2. The van der Waals surface area contributed by atoms with E-state index in [1.54, 1.807) is 22.9 Å². The molecule has 3 N–H and O–H groups in total. The van der Waals surface area contributed by atoms with Crippen molar-refractivity contribution in [2.75, 3.05) is 43.5 Å². The fourth-order valence-corrected chi connectivity index (χ4v) is 3.23. The third-order valence-electron chi connectivity index (χ3n) is 4.92. The van der Waals surface area contributed by atoms with Crippen LogP contribution in [0.3, 0.4) is 0 Å². The maximum atomic E-state index is 12.5. The van der Waals surface area contributed by atoms with Crippen LogP contribution in [-0.4, -0.2) is 54.4 Å². The second-order valence-electron chi connectivity index (χ2n) is 7.08. The molecule has 0 bridgehead atoms. The third-order valence-corrected chi connectivity index (χ3v) is 4.92. The number of hydrogen-bond donors (Lipinski definition) is 3. The van der Waals surface area contributed by atoms with Crippen LogP contribution >= 0.6 is 0 Å². The van der Waals surface area contributed by atoms with E-state index in [-0.39, 0.29) is 24.9 Å². The van der Waals surface area contributed by atoms with Crippen LogP contribution in [0.2, 0.25) is 0 Å². The van der Waals surface area contributed by atoms with E-state index in [1.165, 1.54) is 0 Å². The highest BCUT2D eigenvalue weighted by Gasteiger charge is 2.20. The van der Waals surface area contributed by atoms with E-state index in [0.29, 0.717) is 36.9 Å². The van der Waals surface area contributed by atoms with Gasteiger partial charge in [-0.3, -0.25) is 14.3 Å². The minimum atomic E-state index is -0.167. The summed E-state index contributed by atoms with van der Waals surface area (Å²) in [5.41, 5.74) is 3.03. The molecule has 1 unspecified atom stereocenters. The Morgan fingerprint density at radius 3 is 2.38 bits per heavy atom. The molecule has 2 aromatic rings. The van der Waals surface area contributed by atoms with Gasteiger partial charge in [0.15, 0.2) is 24.6 Å². The van der Waals surface area contributed by atoms with Gasteiger partial charge >= 0.3 is 0 Å². The predicted octanol–water partition coefficient (Wildman–Crippen LogP) is 0.290. The molecule has 9 heteroatoms. The highest BCUT2D eigenvalue weighted by Crippen LogP contribution is 2.32. The van der Waals surface area contributed by atoms with Gasteiger partial charge in [0.1, 0.15) is 13.2 Å². The lowest BCUT2D eigenvalue weighted by molar-refractivity contribution is -0.881. The fraction of sp³-hybridized carbons (Fsp3) is 0.450. The number of aryl methyl sites for hydroxylation is 2. The summed E-state index contributed by atoms with van der Waals surface area (Å²) in [5, 5.41) is 10.1. The monoisotopic (exact) mass is 402 g/mol. The normalized spacial score (nSPS) is 13.7. The summed E-state index contributed by atoms with van der Waals surface area (Å²) < 4.78 is 12.8. The number of anilines is 2. The van der Waals surface area contributed by atoms with Crippen molar-refractivity contribution in [1.82, 2.24) is 9.78 Å². The van der Waals surface area contributed by atoms with E-state index < -0.39 is 0 Å². The maximum Gasteiger partial charge on any atom is 0.279 e. The lowest BCUT2D eigenvalue weighted by Gasteiger charge is -2.20. The Labute approximate surface area is 170 Å². The van der Waals surface area contributed by atoms with Gasteiger partial charge in [-0.05, 0) is 32.9 Å². The van der Waals surface area contributed by atoms with E-state index in [2.05, 4.69) is 15.7 Å². The molecule has 1 aromatic carbocycles. The summed E-state index contributed by atoms with van der Waals surface area (Å²) in [5.74, 6) is 0.983. The van der Waals surface area contributed by atoms with Crippen LogP contribution in [0.15, 0.2) is 18.2 Å². The molecule has 1 aliphatic heterocycles. The predicted molar refractivity (Wildman–Crippen MR) is 109 cm³/mol. The number of quaternary nitrogens is 1. The minimum absolute atomic E-state index is 0.145. The summed E-state index contributed by atoms with van der Waals surface area (Å²) >= 11 is 0. The zero-order valence-corrected chi connectivity index (χ0v) is 17.3.